The Labute approximate surface area is 194 Å². The van der Waals surface area contributed by atoms with Crippen LogP contribution in [0.1, 0.15) is 25.8 Å². The molecule has 1 saturated heterocycles. The SMILES string of the molecule is CNCC(O)COc1cc(Cl)cc(-c2cc(NC3CCOC3)c(C=N)c(NC(C)C)n2)c1. The van der Waals surface area contributed by atoms with E-state index < -0.39 is 6.10 Å². The van der Waals surface area contributed by atoms with E-state index in [-0.39, 0.29) is 18.7 Å². The standard InChI is InChI=1S/C23H32ClN5O3/c1-14(2)27-23-20(10-25)22(28-17-4-5-31-12-17)9-21(29-23)15-6-16(24)8-19(7-15)32-13-18(30)11-26-3/h6-10,14,17-18,25-26,30H,4-5,11-13H2,1-3H3,(H2,27,28,29). The van der Waals surface area contributed by atoms with Crippen molar-refractivity contribution in [2.75, 3.05) is 44.0 Å². The molecule has 0 amide bonds. The highest BCUT2D eigenvalue weighted by atomic mass is 35.5. The number of ether oxygens (including phenoxy) is 2. The number of halogens is 1. The van der Waals surface area contributed by atoms with Gasteiger partial charge in [-0.25, -0.2) is 4.98 Å². The van der Waals surface area contributed by atoms with E-state index in [4.69, 9.17) is 31.5 Å². The van der Waals surface area contributed by atoms with Gasteiger partial charge in [-0.05, 0) is 51.6 Å². The van der Waals surface area contributed by atoms with E-state index in [9.17, 15) is 5.11 Å². The Morgan fingerprint density at radius 3 is 2.81 bits per heavy atom. The molecule has 174 valence electrons. The number of aromatic nitrogens is 1. The number of aliphatic hydroxyl groups excluding tert-OH is 1. The predicted octanol–water partition coefficient (Wildman–Crippen LogP) is 3.38. The van der Waals surface area contributed by atoms with Gasteiger partial charge >= 0.3 is 0 Å². The molecule has 2 atom stereocenters. The number of pyridine rings is 1. The second-order valence-electron chi connectivity index (χ2n) is 8.16. The average Bonchev–Trinajstić information content (AvgIpc) is 3.24. The highest BCUT2D eigenvalue weighted by molar-refractivity contribution is 6.31. The molecule has 1 aliphatic rings. The van der Waals surface area contributed by atoms with Gasteiger partial charge in [0.15, 0.2) is 0 Å². The maximum absolute atomic E-state index is 9.94. The molecule has 0 aliphatic carbocycles. The maximum Gasteiger partial charge on any atom is 0.137 e. The largest absolute Gasteiger partial charge is 0.491 e. The van der Waals surface area contributed by atoms with Crippen LogP contribution < -0.4 is 20.7 Å². The lowest BCUT2D eigenvalue weighted by atomic mass is 10.1. The van der Waals surface area contributed by atoms with Gasteiger partial charge in [-0.3, -0.25) is 0 Å². The Morgan fingerprint density at radius 1 is 1.34 bits per heavy atom. The van der Waals surface area contributed by atoms with Crippen LogP contribution in [-0.4, -0.2) is 67.9 Å². The van der Waals surface area contributed by atoms with Crippen LogP contribution in [0.3, 0.4) is 0 Å². The Balaban J connectivity index is 1.97. The van der Waals surface area contributed by atoms with Crippen LogP contribution in [0, 0.1) is 5.41 Å². The Kier molecular flexibility index (Phi) is 8.69. The van der Waals surface area contributed by atoms with Crippen molar-refractivity contribution >= 4 is 29.3 Å². The van der Waals surface area contributed by atoms with E-state index in [0.717, 1.165) is 24.3 Å². The van der Waals surface area contributed by atoms with Crippen molar-refractivity contribution in [3.63, 3.8) is 0 Å². The third-order valence-corrected chi connectivity index (χ3v) is 5.19. The van der Waals surface area contributed by atoms with E-state index in [0.29, 0.717) is 41.0 Å². The number of nitrogens with one attached hydrogen (secondary N) is 4. The number of aliphatic hydroxyl groups is 1. The summed E-state index contributed by atoms with van der Waals surface area (Å²) in [6.07, 6.45) is 1.60. The van der Waals surface area contributed by atoms with Crippen LogP contribution in [-0.2, 0) is 4.74 Å². The molecule has 0 spiro atoms. The third kappa shape index (κ3) is 6.56. The highest BCUT2D eigenvalue weighted by Gasteiger charge is 2.20. The number of nitrogens with zero attached hydrogens (tertiary/aromatic N) is 1. The van der Waals surface area contributed by atoms with Crippen molar-refractivity contribution in [1.82, 2.24) is 10.3 Å². The number of hydrogen-bond acceptors (Lipinski definition) is 8. The van der Waals surface area contributed by atoms with Crippen molar-refractivity contribution < 1.29 is 14.6 Å². The second kappa shape index (κ2) is 11.5. The van der Waals surface area contributed by atoms with Crippen LogP contribution in [0.25, 0.3) is 11.3 Å². The minimum atomic E-state index is -0.626. The zero-order valence-electron chi connectivity index (χ0n) is 18.7. The van der Waals surface area contributed by atoms with E-state index in [1.807, 2.05) is 32.0 Å². The molecule has 2 heterocycles. The number of benzene rings is 1. The number of anilines is 2. The summed E-state index contributed by atoms with van der Waals surface area (Å²) in [5.41, 5.74) is 2.99. The molecule has 2 unspecified atom stereocenters. The minimum absolute atomic E-state index is 0.144. The molecule has 5 N–H and O–H groups in total. The molecule has 32 heavy (non-hydrogen) atoms. The lowest BCUT2D eigenvalue weighted by Gasteiger charge is -2.20. The van der Waals surface area contributed by atoms with Gasteiger partial charge in [0.25, 0.3) is 0 Å². The van der Waals surface area contributed by atoms with Gasteiger partial charge in [0.05, 0.1) is 23.9 Å². The van der Waals surface area contributed by atoms with Crippen molar-refractivity contribution in [2.24, 2.45) is 0 Å². The van der Waals surface area contributed by atoms with Crippen molar-refractivity contribution in [2.45, 2.75) is 38.5 Å². The van der Waals surface area contributed by atoms with Gasteiger partial charge in [0, 0.05) is 41.7 Å². The first kappa shape index (κ1) is 24.3. The number of rotatable bonds is 11. The summed E-state index contributed by atoms with van der Waals surface area (Å²) >= 11 is 6.37. The van der Waals surface area contributed by atoms with E-state index in [1.165, 1.54) is 6.21 Å². The lowest BCUT2D eigenvalue weighted by molar-refractivity contribution is 0.108. The van der Waals surface area contributed by atoms with Gasteiger partial charge in [-0.2, -0.15) is 0 Å². The van der Waals surface area contributed by atoms with Crippen LogP contribution in [0.4, 0.5) is 11.5 Å². The smallest absolute Gasteiger partial charge is 0.137 e. The summed E-state index contributed by atoms with van der Waals surface area (Å²) in [6.45, 7) is 6.00. The molecular formula is C23H32ClN5O3. The summed E-state index contributed by atoms with van der Waals surface area (Å²) in [6, 6.07) is 7.65. The summed E-state index contributed by atoms with van der Waals surface area (Å²) in [7, 11) is 1.77. The number of hydrogen-bond donors (Lipinski definition) is 5. The molecule has 1 aromatic heterocycles. The maximum atomic E-state index is 9.94. The quantitative estimate of drug-likeness (QED) is 0.326. The first-order chi connectivity index (χ1) is 15.4. The molecule has 1 aromatic carbocycles. The Hall–Kier alpha value is -2.39. The molecule has 0 radical (unpaired) electrons. The highest BCUT2D eigenvalue weighted by Crippen LogP contribution is 2.33. The molecule has 2 aromatic rings. The normalized spacial score (nSPS) is 16.8. The van der Waals surface area contributed by atoms with Gasteiger partial charge in [0.1, 0.15) is 24.3 Å². The molecule has 0 saturated carbocycles. The van der Waals surface area contributed by atoms with Gasteiger partial charge in [0.2, 0.25) is 0 Å². The molecular weight excluding hydrogens is 430 g/mol. The molecule has 9 heteroatoms. The lowest BCUT2D eigenvalue weighted by Crippen LogP contribution is -2.29. The van der Waals surface area contributed by atoms with E-state index >= 15 is 0 Å². The Morgan fingerprint density at radius 2 is 2.16 bits per heavy atom. The summed E-state index contributed by atoms with van der Waals surface area (Å²) in [4.78, 5) is 4.79. The van der Waals surface area contributed by atoms with Crippen LogP contribution in [0.5, 0.6) is 5.75 Å². The van der Waals surface area contributed by atoms with Gasteiger partial charge < -0.3 is 35.9 Å². The topological polar surface area (TPSA) is 112 Å². The molecule has 8 nitrogen and oxygen atoms in total. The molecule has 0 bridgehead atoms. The summed E-state index contributed by atoms with van der Waals surface area (Å²) in [5.74, 6) is 1.18. The molecule has 1 aliphatic heterocycles. The summed E-state index contributed by atoms with van der Waals surface area (Å²) < 4.78 is 11.3. The minimum Gasteiger partial charge on any atom is -0.491 e. The first-order valence-electron chi connectivity index (χ1n) is 10.8. The fraction of sp³-hybridized carbons (Fsp3) is 0.478. The van der Waals surface area contributed by atoms with Gasteiger partial charge in [-0.1, -0.05) is 11.6 Å². The van der Waals surface area contributed by atoms with Gasteiger partial charge in [-0.15, -0.1) is 0 Å². The van der Waals surface area contributed by atoms with Crippen LogP contribution in [0.2, 0.25) is 5.02 Å². The monoisotopic (exact) mass is 461 g/mol. The van der Waals surface area contributed by atoms with Crippen LogP contribution >= 0.6 is 11.6 Å². The summed E-state index contributed by atoms with van der Waals surface area (Å²) in [5, 5.41) is 28.2. The van der Waals surface area contributed by atoms with Crippen LogP contribution in [0.15, 0.2) is 24.3 Å². The predicted molar refractivity (Wildman–Crippen MR) is 130 cm³/mol. The fourth-order valence-corrected chi connectivity index (χ4v) is 3.73. The van der Waals surface area contributed by atoms with Crippen molar-refractivity contribution in [3.8, 4) is 17.0 Å². The van der Waals surface area contributed by atoms with Crippen molar-refractivity contribution in [1.29, 1.82) is 5.41 Å². The Bertz CT molecular complexity index is 919. The average molecular weight is 462 g/mol. The zero-order valence-corrected chi connectivity index (χ0v) is 19.5. The third-order valence-electron chi connectivity index (χ3n) is 4.97. The van der Waals surface area contributed by atoms with E-state index in [2.05, 4.69) is 16.0 Å². The number of likely N-dealkylation sites (N-methyl/N-ethyl adjacent to an activating group) is 1. The van der Waals surface area contributed by atoms with E-state index in [1.54, 1.807) is 13.1 Å². The molecule has 1 fully saturated rings. The molecule has 3 rings (SSSR count). The zero-order chi connectivity index (χ0) is 23.1. The fourth-order valence-electron chi connectivity index (χ4n) is 3.50. The van der Waals surface area contributed by atoms with Crippen molar-refractivity contribution in [3.05, 3.63) is 34.9 Å². The first-order valence-corrected chi connectivity index (χ1v) is 11.2. The second-order valence-corrected chi connectivity index (χ2v) is 8.60.